The lowest BCUT2D eigenvalue weighted by Gasteiger charge is -2.21. The molecule has 0 fully saturated rings. The number of nitrogens with zero attached hydrogens (tertiary/aromatic N) is 1. The van der Waals surface area contributed by atoms with E-state index in [1.807, 2.05) is 39.0 Å². The van der Waals surface area contributed by atoms with Crippen LogP contribution in [0.1, 0.15) is 42.9 Å². The van der Waals surface area contributed by atoms with Crippen molar-refractivity contribution in [2.75, 3.05) is 26.7 Å². The second kappa shape index (κ2) is 12.1. The molecule has 0 radical (unpaired) electrons. The van der Waals surface area contributed by atoms with E-state index in [2.05, 4.69) is 27.8 Å². The average Bonchev–Trinajstić information content (AvgIpc) is 3.02. The molecule has 7 heteroatoms. The first kappa shape index (κ1) is 25.3. The number of hydrogen-bond donors (Lipinski definition) is 3. The standard InChI is InChI=1S/C22H33N3O3.HI/c1-6-23-21(24-13-7-8-18-9-11-19(27-5)12-10-18)25-15-22(4,26)20-14-16(2)28-17(20)3;/h9-12,14,26H,6-8,13,15H2,1-5H3,(H2,23,24,25);1H. The molecule has 3 N–H and O–H groups in total. The molecule has 0 bridgehead atoms. The van der Waals surface area contributed by atoms with Crippen LogP contribution < -0.4 is 15.4 Å². The molecule has 0 spiro atoms. The third-order valence-corrected chi connectivity index (χ3v) is 4.60. The third kappa shape index (κ3) is 7.89. The van der Waals surface area contributed by atoms with E-state index in [0.29, 0.717) is 5.96 Å². The molecular formula is C22H34IN3O3. The van der Waals surface area contributed by atoms with Gasteiger partial charge >= 0.3 is 0 Å². The summed E-state index contributed by atoms with van der Waals surface area (Å²) in [5.41, 5.74) is 0.982. The fourth-order valence-electron chi connectivity index (χ4n) is 3.12. The summed E-state index contributed by atoms with van der Waals surface area (Å²) >= 11 is 0. The first-order chi connectivity index (χ1) is 13.4. The van der Waals surface area contributed by atoms with Crippen LogP contribution in [0.25, 0.3) is 0 Å². The summed E-state index contributed by atoms with van der Waals surface area (Å²) in [4.78, 5) is 4.57. The lowest BCUT2D eigenvalue weighted by atomic mass is 9.96. The highest BCUT2D eigenvalue weighted by Crippen LogP contribution is 2.27. The van der Waals surface area contributed by atoms with Crippen molar-refractivity contribution in [3.05, 3.63) is 53.0 Å². The van der Waals surface area contributed by atoms with Crippen molar-refractivity contribution in [3.8, 4) is 5.75 Å². The molecule has 0 saturated carbocycles. The van der Waals surface area contributed by atoms with Crippen LogP contribution in [0, 0.1) is 13.8 Å². The Bertz CT molecular complexity index is 770. The Labute approximate surface area is 191 Å². The van der Waals surface area contributed by atoms with E-state index in [4.69, 9.17) is 9.15 Å². The van der Waals surface area contributed by atoms with Crippen LogP contribution in [-0.4, -0.2) is 37.8 Å². The van der Waals surface area contributed by atoms with Gasteiger partial charge in [-0.05, 0) is 64.3 Å². The van der Waals surface area contributed by atoms with Gasteiger partial charge in [-0.25, -0.2) is 4.99 Å². The molecule has 0 aliphatic heterocycles. The second-order valence-electron chi connectivity index (χ2n) is 7.17. The summed E-state index contributed by atoms with van der Waals surface area (Å²) < 4.78 is 10.7. The quantitative estimate of drug-likeness (QED) is 0.204. The second-order valence-corrected chi connectivity index (χ2v) is 7.17. The van der Waals surface area contributed by atoms with E-state index < -0.39 is 5.60 Å². The van der Waals surface area contributed by atoms with Crippen LogP contribution in [0.15, 0.2) is 39.7 Å². The van der Waals surface area contributed by atoms with Gasteiger partial charge in [0, 0.05) is 18.7 Å². The summed E-state index contributed by atoms with van der Waals surface area (Å²) in [6, 6.07) is 10.0. The normalized spacial score (nSPS) is 13.4. The average molecular weight is 515 g/mol. The van der Waals surface area contributed by atoms with Gasteiger partial charge in [0.15, 0.2) is 5.96 Å². The number of furan rings is 1. The lowest BCUT2D eigenvalue weighted by molar-refractivity contribution is 0.0657. The smallest absolute Gasteiger partial charge is 0.191 e. The van der Waals surface area contributed by atoms with Crippen molar-refractivity contribution in [2.24, 2.45) is 4.99 Å². The highest BCUT2D eigenvalue weighted by atomic mass is 127. The van der Waals surface area contributed by atoms with Crippen LogP contribution in [0.3, 0.4) is 0 Å². The van der Waals surface area contributed by atoms with Gasteiger partial charge < -0.3 is 24.9 Å². The van der Waals surface area contributed by atoms with E-state index in [9.17, 15) is 5.11 Å². The maximum absolute atomic E-state index is 10.8. The molecule has 0 saturated heterocycles. The molecule has 0 aliphatic rings. The fraction of sp³-hybridized carbons (Fsp3) is 0.500. The summed E-state index contributed by atoms with van der Waals surface area (Å²) in [6.45, 7) is 9.34. The van der Waals surface area contributed by atoms with Gasteiger partial charge in [-0.15, -0.1) is 24.0 Å². The van der Waals surface area contributed by atoms with Gasteiger partial charge in [-0.1, -0.05) is 12.1 Å². The van der Waals surface area contributed by atoms with Gasteiger partial charge in [-0.3, -0.25) is 0 Å². The van der Waals surface area contributed by atoms with Gasteiger partial charge in [0.2, 0.25) is 0 Å². The zero-order valence-electron chi connectivity index (χ0n) is 18.0. The minimum Gasteiger partial charge on any atom is -0.497 e. The maximum atomic E-state index is 10.8. The Balaban J connectivity index is 0.00000420. The summed E-state index contributed by atoms with van der Waals surface area (Å²) in [5.74, 6) is 3.10. The fourth-order valence-corrected chi connectivity index (χ4v) is 3.12. The Hall–Kier alpha value is -1.74. The van der Waals surface area contributed by atoms with E-state index >= 15 is 0 Å². The SMILES string of the molecule is CCNC(=NCC(C)(O)c1cc(C)oc1C)NCCCc1ccc(OC)cc1.I. The van der Waals surface area contributed by atoms with Crippen LogP contribution in [0.5, 0.6) is 5.75 Å². The van der Waals surface area contributed by atoms with Crippen molar-refractivity contribution in [1.82, 2.24) is 10.6 Å². The molecule has 2 aromatic rings. The number of rotatable bonds is 9. The molecule has 162 valence electrons. The molecule has 1 unspecified atom stereocenters. The molecule has 6 nitrogen and oxygen atoms in total. The monoisotopic (exact) mass is 515 g/mol. The number of nitrogens with one attached hydrogen (secondary N) is 2. The molecule has 1 aromatic heterocycles. The summed E-state index contributed by atoms with van der Waals surface area (Å²) in [7, 11) is 1.67. The van der Waals surface area contributed by atoms with Crippen LogP contribution in [-0.2, 0) is 12.0 Å². The van der Waals surface area contributed by atoms with Gasteiger partial charge in [-0.2, -0.15) is 0 Å². The zero-order chi connectivity index (χ0) is 20.6. The number of halogens is 1. The van der Waals surface area contributed by atoms with Crippen molar-refractivity contribution >= 4 is 29.9 Å². The number of aliphatic imine (C=N–C) groups is 1. The Morgan fingerprint density at radius 2 is 1.90 bits per heavy atom. The van der Waals surface area contributed by atoms with Gasteiger partial charge in [0.05, 0.1) is 13.7 Å². The Morgan fingerprint density at radius 1 is 1.21 bits per heavy atom. The molecule has 0 amide bonds. The number of hydrogen-bond acceptors (Lipinski definition) is 4. The largest absolute Gasteiger partial charge is 0.497 e. The molecule has 0 aliphatic carbocycles. The Morgan fingerprint density at radius 3 is 2.45 bits per heavy atom. The third-order valence-electron chi connectivity index (χ3n) is 4.60. The van der Waals surface area contributed by atoms with Crippen LogP contribution in [0.2, 0.25) is 0 Å². The molecular weight excluding hydrogens is 481 g/mol. The van der Waals surface area contributed by atoms with E-state index in [1.165, 1.54) is 5.56 Å². The van der Waals surface area contributed by atoms with Gasteiger partial charge in [0.25, 0.3) is 0 Å². The van der Waals surface area contributed by atoms with Crippen molar-refractivity contribution < 1.29 is 14.3 Å². The topological polar surface area (TPSA) is 79.0 Å². The van der Waals surface area contributed by atoms with Crippen LogP contribution in [0.4, 0.5) is 0 Å². The predicted octanol–water partition coefficient (Wildman–Crippen LogP) is 3.92. The summed E-state index contributed by atoms with van der Waals surface area (Å²) in [5, 5.41) is 17.4. The number of ether oxygens (including phenoxy) is 1. The van der Waals surface area contributed by atoms with Crippen molar-refractivity contribution in [3.63, 3.8) is 0 Å². The van der Waals surface area contributed by atoms with Crippen molar-refractivity contribution in [2.45, 2.75) is 46.1 Å². The lowest BCUT2D eigenvalue weighted by Crippen LogP contribution is -2.39. The van der Waals surface area contributed by atoms with E-state index in [-0.39, 0.29) is 30.5 Å². The highest BCUT2D eigenvalue weighted by Gasteiger charge is 2.27. The van der Waals surface area contributed by atoms with Crippen molar-refractivity contribution in [1.29, 1.82) is 0 Å². The first-order valence-corrected chi connectivity index (χ1v) is 9.80. The first-order valence-electron chi connectivity index (χ1n) is 9.80. The van der Waals surface area contributed by atoms with E-state index in [0.717, 1.165) is 48.8 Å². The van der Waals surface area contributed by atoms with Crippen LogP contribution >= 0.6 is 24.0 Å². The molecule has 1 atom stereocenters. The summed E-state index contributed by atoms with van der Waals surface area (Å²) in [6.07, 6.45) is 1.95. The van der Waals surface area contributed by atoms with E-state index in [1.54, 1.807) is 14.0 Å². The number of methoxy groups -OCH3 is 1. The molecule has 2 rings (SSSR count). The number of aryl methyl sites for hydroxylation is 3. The molecule has 1 aromatic carbocycles. The minimum atomic E-state index is -1.08. The molecule has 29 heavy (non-hydrogen) atoms. The van der Waals surface area contributed by atoms with Gasteiger partial charge in [0.1, 0.15) is 22.9 Å². The Kier molecular flexibility index (Phi) is 10.5. The zero-order valence-corrected chi connectivity index (χ0v) is 20.4. The molecule has 1 heterocycles. The minimum absolute atomic E-state index is 0. The maximum Gasteiger partial charge on any atom is 0.191 e. The predicted molar refractivity (Wildman–Crippen MR) is 128 cm³/mol. The highest BCUT2D eigenvalue weighted by molar-refractivity contribution is 14.0. The number of aliphatic hydroxyl groups is 1. The number of guanidine groups is 1. The number of benzene rings is 1.